The Morgan fingerprint density at radius 1 is 1.15 bits per heavy atom. The van der Waals surface area contributed by atoms with Gasteiger partial charge in [0.2, 0.25) is 0 Å². The van der Waals surface area contributed by atoms with Crippen LogP contribution in [-0.4, -0.2) is 12.9 Å². The van der Waals surface area contributed by atoms with Gasteiger partial charge in [0.15, 0.2) is 5.78 Å². The summed E-state index contributed by atoms with van der Waals surface area (Å²) in [6.07, 6.45) is 3.06. The van der Waals surface area contributed by atoms with Crippen molar-refractivity contribution in [3.05, 3.63) is 71.4 Å². The van der Waals surface area contributed by atoms with Gasteiger partial charge in [-0.05, 0) is 36.4 Å². The second-order valence-electron chi connectivity index (χ2n) is 4.05. The molecular weight excluding hydrogens is 274 g/mol. The van der Waals surface area contributed by atoms with Gasteiger partial charge in [-0.2, -0.15) is 0 Å². The lowest BCUT2D eigenvalue weighted by Crippen LogP contribution is -1.97. The number of anilines is 1. The maximum Gasteiger partial charge on any atom is 0.187 e. The van der Waals surface area contributed by atoms with Crippen molar-refractivity contribution in [2.45, 2.75) is 0 Å². The maximum atomic E-state index is 11.9. The molecule has 2 aromatic carbocycles. The largest absolute Gasteiger partial charge is 0.495 e. The van der Waals surface area contributed by atoms with Crippen molar-refractivity contribution in [1.29, 1.82) is 0 Å². The molecule has 0 fully saturated rings. The van der Waals surface area contributed by atoms with Crippen LogP contribution in [0.5, 0.6) is 5.75 Å². The number of allylic oxidation sites excluding steroid dienone is 1. The number of carbonyl (C=O) groups is 1. The lowest BCUT2D eigenvalue weighted by molar-refractivity contribution is 0.104. The Balaban J connectivity index is 2.03. The van der Waals surface area contributed by atoms with Crippen molar-refractivity contribution in [3.8, 4) is 5.75 Å². The van der Waals surface area contributed by atoms with Crippen LogP contribution in [-0.2, 0) is 0 Å². The molecule has 0 saturated heterocycles. The van der Waals surface area contributed by atoms with Gasteiger partial charge in [0.05, 0.1) is 12.8 Å². The fourth-order valence-electron chi connectivity index (χ4n) is 1.68. The molecule has 0 amide bonds. The van der Waals surface area contributed by atoms with Crippen LogP contribution in [0.1, 0.15) is 10.4 Å². The Hall–Kier alpha value is -2.26. The number of nitrogens with one attached hydrogen (secondary N) is 1. The van der Waals surface area contributed by atoms with Crippen molar-refractivity contribution < 1.29 is 9.53 Å². The average molecular weight is 288 g/mol. The van der Waals surface area contributed by atoms with E-state index < -0.39 is 0 Å². The molecule has 0 unspecified atom stereocenters. The van der Waals surface area contributed by atoms with E-state index in [1.165, 1.54) is 6.08 Å². The summed E-state index contributed by atoms with van der Waals surface area (Å²) in [5.74, 6) is 0.625. The summed E-state index contributed by atoms with van der Waals surface area (Å²) in [6, 6.07) is 14.3. The quantitative estimate of drug-likeness (QED) is 0.663. The number of methoxy groups -OCH3 is 1. The van der Waals surface area contributed by atoms with Crippen molar-refractivity contribution in [2.75, 3.05) is 12.4 Å². The molecule has 0 heterocycles. The Morgan fingerprint density at radius 3 is 2.55 bits per heavy atom. The van der Waals surface area contributed by atoms with E-state index in [1.807, 2.05) is 24.3 Å². The smallest absolute Gasteiger partial charge is 0.187 e. The molecule has 0 aromatic heterocycles. The molecule has 0 aliphatic carbocycles. The van der Waals surface area contributed by atoms with Crippen molar-refractivity contribution >= 4 is 23.1 Å². The number of hydrogen-bond acceptors (Lipinski definition) is 3. The summed E-state index contributed by atoms with van der Waals surface area (Å²) in [5, 5.41) is 3.63. The van der Waals surface area contributed by atoms with Gasteiger partial charge in [-0.15, -0.1) is 0 Å². The first kappa shape index (κ1) is 14.2. The molecule has 0 spiro atoms. The van der Waals surface area contributed by atoms with Gasteiger partial charge in [-0.1, -0.05) is 23.7 Å². The molecule has 0 atom stereocenters. The minimum Gasteiger partial charge on any atom is -0.495 e. The van der Waals surface area contributed by atoms with E-state index in [1.54, 1.807) is 37.6 Å². The van der Waals surface area contributed by atoms with Crippen LogP contribution < -0.4 is 10.1 Å². The van der Waals surface area contributed by atoms with Crippen LogP contribution in [0.3, 0.4) is 0 Å². The number of ketones is 1. The molecule has 2 rings (SSSR count). The predicted molar refractivity (Wildman–Crippen MR) is 81.5 cm³/mol. The van der Waals surface area contributed by atoms with E-state index in [0.29, 0.717) is 10.6 Å². The average Bonchev–Trinajstić information content (AvgIpc) is 2.48. The topological polar surface area (TPSA) is 38.3 Å². The highest BCUT2D eigenvalue weighted by Gasteiger charge is 2.01. The zero-order chi connectivity index (χ0) is 14.4. The van der Waals surface area contributed by atoms with Crippen molar-refractivity contribution in [1.82, 2.24) is 0 Å². The van der Waals surface area contributed by atoms with E-state index in [-0.39, 0.29) is 5.78 Å². The van der Waals surface area contributed by atoms with Gasteiger partial charge in [0, 0.05) is 22.9 Å². The Kier molecular flexibility index (Phi) is 4.80. The molecule has 2 aromatic rings. The molecule has 4 heteroatoms. The first-order valence-corrected chi connectivity index (χ1v) is 6.44. The van der Waals surface area contributed by atoms with E-state index in [9.17, 15) is 4.79 Å². The number of rotatable bonds is 5. The van der Waals surface area contributed by atoms with Crippen LogP contribution in [0.4, 0.5) is 5.69 Å². The molecule has 20 heavy (non-hydrogen) atoms. The third kappa shape index (κ3) is 3.62. The normalized spacial score (nSPS) is 10.5. The number of halogens is 1. The Bertz CT molecular complexity index is 621. The first-order valence-electron chi connectivity index (χ1n) is 6.06. The number of benzene rings is 2. The number of carbonyl (C=O) groups excluding carboxylic acids is 1. The summed E-state index contributed by atoms with van der Waals surface area (Å²) in [5.41, 5.74) is 1.39. The number of hydrogen-bond donors (Lipinski definition) is 1. The van der Waals surface area contributed by atoms with Gasteiger partial charge >= 0.3 is 0 Å². The second kappa shape index (κ2) is 6.78. The molecule has 0 aliphatic rings. The maximum absolute atomic E-state index is 11.9. The molecule has 0 radical (unpaired) electrons. The van der Waals surface area contributed by atoms with Crippen molar-refractivity contribution in [2.24, 2.45) is 0 Å². The zero-order valence-electron chi connectivity index (χ0n) is 11.0. The highest BCUT2D eigenvalue weighted by molar-refractivity contribution is 6.30. The molecule has 0 bridgehead atoms. The molecular formula is C16H14ClNO2. The minimum atomic E-state index is -0.0935. The molecule has 102 valence electrons. The third-order valence-corrected chi connectivity index (χ3v) is 2.96. The van der Waals surface area contributed by atoms with Gasteiger partial charge in [-0.3, -0.25) is 4.79 Å². The van der Waals surface area contributed by atoms with E-state index in [2.05, 4.69) is 5.32 Å². The van der Waals surface area contributed by atoms with Crippen LogP contribution >= 0.6 is 11.6 Å². The molecule has 0 aliphatic heterocycles. The van der Waals surface area contributed by atoms with E-state index in [4.69, 9.17) is 16.3 Å². The van der Waals surface area contributed by atoms with E-state index >= 15 is 0 Å². The fraction of sp³-hybridized carbons (Fsp3) is 0.0625. The summed E-state index contributed by atoms with van der Waals surface area (Å²) in [7, 11) is 1.60. The van der Waals surface area contributed by atoms with Gasteiger partial charge in [0.25, 0.3) is 0 Å². The zero-order valence-corrected chi connectivity index (χ0v) is 11.7. The van der Waals surface area contributed by atoms with Gasteiger partial charge in [-0.25, -0.2) is 0 Å². The van der Waals surface area contributed by atoms with Crippen molar-refractivity contribution in [3.63, 3.8) is 0 Å². The Labute approximate surface area is 122 Å². The van der Waals surface area contributed by atoms with E-state index in [0.717, 1.165) is 11.4 Å². The lowest BCUT2D eigenvalue weighted by atomic mass is 10.1. The second-order valence-corrected chi connectivity index (χ2v) is 4.49. The third-order valence-electron chi connectivity index (χ3n) is 2.71. The SMILES string of the molecule is COc1ccccc1N/C=C/C(=O)c1ccc(Cl)cc1. The molecule has 3 nitrogen and oxygen atoms in total. The summed E-state index contributed by atoms with van der Waals surface area (Å²) in [6.45, 7) is 0. The standard InChI is InChI=1S/C16H14ClNO2/c1-20-16-5-3-2-4-14(16)18-11-10-15(19)12-6-8-13(17)9-7-12/h2-11,18H,1H3/b11-10+. The van der Waals surface area contributed by atoms with Crippen LogP contribution in [0.25, 0.3) is 0 Å². The van der Waals surface area contributed by atoms with Crippen LogP contribution in [0.15, 0.2) is 60.8 Å². The molecule has 1 N–H and O–H groups in total. The highest BCUT2D eigenvalue weighted by atomic mass is 35.5. The minimum absolute atomic E-state index is 0.0935. The number of para-hydroxylation sites is 2. The highest BCUT2D eigenvalue weighted by Crippen LogP contribution is 2.22. The monoisotopic (exact) mass is 287 g/mol. The summed E-state index contributed by atoms with van der Waals surface area (Å²) < 4.78 is 5.20. The van der Waals surface area contributed by atoms with Crippen LogP contribution in [0, 0.1) is 0 Å². The molecule has 0 saturated carbocycles. The predicted octanol–water partition coefficient (Wildman–Crippen LogP) is 4.16. The first-order chi connectivity index (χ1) is 9.70. The Morgan fingerprint density at radius 2 is 1.85 bits per heavy atom. The fourth-order valence-corrected chi connectivity index (χ4v) is 1.81. The summed E-state index contributed by atoms with van der Waals surface area (Å²) in [4.78, 5) is 11.9. The summed E-state index contributed by atoms with van der Waals surface area (Å²) >= 11 is 5.78. The van der Waals surface area contributed by atoms with Crippen LogP contribution in [0.2, 0.25) is 5.02 Å². The van der Waals surface area contributed by atoms with Gasteiger partial charge < -0.3 is 10.1 Å². The van der Waals surface area contributed by atoms with Gasteiger partial charge in [0.1, 0.15) is 5.75 Å². The number of ether oxygens (including phenoxy) is 1. The lowest BCUT2D eigenvalue weighted by Gasteiger charge is -2.06.